The normalized spacial score (nSPS) is 19.4. The first-order valence-corrected chi connectivity index (χ1v) is 7.45. The van der Waals surface area contributed by atoms with Crippen molar-refractivity contribution in [1.29, 1.82) is 0 Å². The first kappa shape index (κ1) is 14.4. The predicted octanol–water partition coefficient (Wildman–Crippen LogP) is 4.19. The Morgan fingerprint density at radius 1 is 0.882 bits per heavy atom. The Morgan fingerprint density at radius 3 is 2.18 bits per heavy atom. The number of rotatable bonds is 9. The Morgan fingerprint density at radius 2 is 1.53 bits per heavy atom. The standard InChI is InChI=1S/C15H30N2/c1-4-6-7-8-9-10-11-12-17-14-13-16(3)15(17)5-2/h13-15H,4-12H2,1-3H3. The van der Waals surface area contributed by atoms with E-state index in [4.69, 9.17) is 0 Å². The molecule has 0 aliphatic carbocycles. The molecule has 1 aliphatic heterocycles. The van der Waals surface area contributed by atoms with Crippen LogP contribution in [-0.4, -0.2) is 29.6 Å². The first-order chi connectivity index (χ1) is 8.29. The minimum Gasteiger partial charge on any atom is -0.359 e. The van der Waals surface area contributed by atoms with Gasteiger partial charge in [-0.15, -0.1) is 0 Å². The number of nitrogens with zero attached hydrogens (tertiary/aromatic N) is 2. The Kier molecular flexibility index (Phi) is 7.14. The third-order valence-electron chi connectivity index (χ3n) is 3.73. The molecule has 0 bridgehead atoms. The molecule has 1 heterocycles. The van der Waals surface area contributed by atoms with E-state index in [1.807, 2.05) is 0 Å². The van der Waals surface area contributed by atoms with Crippen LogP contribution in [-0.2, 0) is 0 Å². The van der Waals surface area contributed by atoms with Crippen molar-refractivity contribution in [2.24, 2.45) is 0 Å². The van der Waals surface area contributed by atoms with Gasteiger partial charge in [0.05, 0.1) is 0 Å². The monoisotopic (exact) mass is 238 g/mol. The van der Waals surface area contributed by atoms with E-state index in [1.165, 1.54) is 57.9 Å². The summed E-state index contributed by atoms with van der Waals surface area (Å²) in [7, 11) is 2.18. The third-order valence-corrected chi connectivity index (χ3v) is 3.73. The highest BCUT2D eigenvalue weighted by Crippen LogP contribution is 2.17. The molecule has 100 valence electrons. The summed E-state index contributed by atoms with van der Waals surface area (Å²) in [5, 5.41) is 0. The molecule has 0 spiro atoms. The van der Waals surface area contributed by atoms with Crippen LogP contribution < -0.4 is 0 Å². The Bertz CT molecular complexity index is 213. The minimum atomic E-state index is 0.607. The number of unbranched alkanes of at least 4 members (excludes halogenated alkanes) is 6. The van der Waals surface area contributed by atoms with E-state index in [0.717, 1.165) is 0 Å². The molecule has 17 heavy (non-hydrogen) atoms. The summed E-state index contributed by atoms with van der Waals surface area (Å²) in [5.74, 6) is 0. The molecule has 0 saturated heterocycles. The van der Waals surface area contributed by atoms with Gasteiger partial charge in [0.15, 0.2) is 0 Å². The van der Waals surface area contributed by atoms with Gasteiger partial charge < -0.3 is 9.80 Å². The molecule has 1 aliphatic rings. The van der Waals surface area contributed by atoms with Crippen LogP contribution in [0.2, 0.25) is 0 Å². The van der Waals surface area contributed by atoms with Gasteiger partial charge in [0, 0.05) is 26.0 Å². The fourth-order valence-electron chi connectivity index (χ4n) is 2.62. The molecular weight excluding hydrogens is 208 g/mol. The lowest BCUT2D eigenvalue weighted by Crippen LogP contribution is -2.36. The van der Waals surface area contributed by atoms with E-state index in [9.17, 15) is 0 Å². The van der Waals surface area contributed by atoms with Crippen molar-refractivity contribution in [2.45, 2.75) is 71.4 Å². The van der Waals surface area contributed by atoms with Crippen molar-refractivity contribution in [3.63, 3.8) is 0 Å². The molecule has 1 atom stereocenters. The molecule has 0 aromatic rings. The van der Waals surface area contributed by atoms with Gasteiger partial charge in [-0.05, 0) is 12.8 Å². The van der Waals surface area contributed by atoms with Crippen LogP contribution in [0.4, 0.5) is 0 Å². The van der Waals surface area contributed by atoms with Crippen LogP contribution in [0, 0.1) is 0 Å². The molecule has 1 rings (SSSR count). The van der Waals surface area contributed by atoms with Crippen LogP contribution in [0.5, 0.6) is 0 Å². The molecular formula is C15H30N2. The SMILES string of the molecule is CCCCCCCCCN1C=CN(C)C1CC. The van der Waals surface area contributed by atoms with Crippen molar-refractivity contribution in [1.82, 2.24) is 9.80 Å². The summed E-state index contributed by atoms with van der Waals surface area (Å²) in [4.78, 5) is 4.81. The summed E-state index contributed by atoms with van der Waals surface area (Å²) in [6.07, 6.45) is 16.1. The molecule has 2 heteroatoms. The van der Waals surface area contributed by atoms with Crippen molar-refractivity contribution < 1.29 is 0 Å². The summed E-state index contributed by atoms with van der Waals surface area (Å²) < 4.78 is 0. The fraction of sp³-hybridized carbons (Fsp3) is 0.867. The lowest BCUT2D eigenvalue weighted by atomic mass is 10.1. The van der Waals surface area contributed by atoms with Gasteiger partial charge in [0.2, 0.25) is 0 Å². The summed E-state index contributed by atoms with van der Waals surface area (Å²) in [6.45, 7) is 5.78. The van der Waals surface area contributed by atoms with Crippen molar-refractivity contribution in [3.8, 4) is 0 Å². The average Bonchev–Trinajstić information content (AvgIpc) is 2.69. The molecule has 0 aromatic carbocycles. The third kappa shape index (κ3) is 5.01. The molecule has 2 nitrogen and oxygen atoms in total. The molecule has 0 fully saturated rings. The Balaban J connectivity index is 2.01. The van der Waals surface area contributed by atoms with E-state index in [1.54, 1.807) is 0 Å². The zero-order chi connectivity index (χ0) is 12.5. The molecule has 0 N–H and O–H groups in total. The highest BCUT2D eigenvalue weighted by atomic mass is 15.4. The van der Waals surface area contributed by atoms with Crippen LogP contribution in [0.15, 0.2) is 12.4 Å². The molecule has 0 amide bonds. The number of hydrogen-bond donors (Lipinski definition) is 0. The van der Waals surface area contributed by atoms with Gasteiger partial charge in [-0.25, -0.2) is 0 Å². The van der Waals surface area contributed by atoms with Crippen molar-refractivity contribution in [3.05, 3.63) is 12.4 Å². The van der Waals surface area contributed by atoms with Gasteiger partial charge in [-0.3, -0.25) is 0 Å². The second kappa shape index (κ2) is 8.43. The lowest BCUT2D eigenvalue weighted by molar-refractivity contribution is 0.168. The van der Waals surface area contributed by atoms with Crippen molar-refractivity contribution >= 4 is 0 Å². The maximum absolute atomic E-state index is 2.49. The second-order valence-electron chi connectivity index (χ2n) is 5.21. The van der Waals surface area contributed by atoms with Crippen molar-refractivity contribution in [2.75, 3.05) is 13.6 Å². The Hall–Kier alpha value is -0.660. The maximum atomic E-state index is 2.49. The summed E-state index contributed by atoms with van der Waals surface area (Å²) in [5.41, 5.74) is 0. The van der Waals surface area contributed by atoms with Gasteiger partial charge in [-0.2, -0.15) is 0 Å². The van der Waals surface area contributed by atoms with Crippen LogP contribution in [0.3, 0.4) is 0 Å². The zero-order valence-electron chi connectivity index (χ0n) is 12.0. The molecule has 1 unspecified atom stereocenters. The predicted molar refractivity (Wildman–Crippen MR) is 75.7 cm³/mol. The highest BCUT2D eigenvalue weighted by Gasteiger charge is 2.20. The van der Waals surface area contributed by atoms with E-state index in [2.05, 4.69) is 43.1 Å². The van der Waals surface area contributed by atoms with Crippen LogP contribution >= 0.6 is 0 Å². The van der Waals surface area contributed by atoms with Gasteiger partial charge in [0.1, 0.15) is 6.17 Å². The van der Waals surface area contributed by atoms with Crippen LogP contribution in [0.25, 0.3) is 0 Å². The van der Waals surface area contributed by atoms with Gasteiger partial charge >= 0.3 is 0 Å². The molecule has 0 aromatic heterocycles. The second-order valence-corrected chi connectivity index (χ2v) is 5.21. The lowest BCUT2D eigenvalue weighted by Gasteiger charge is -2.29. The topological polar surface area (TPSA) is 6.48 Å². The quantitative estimate of drug-likeness (QED) is 0.556. The zero-order valence-corrected chi connectivity index (χ0v) is 12.0. The first-order valence-electron chi connectivity index (χ1n) is 7.45. The average molecular weight is 238 g/mol. The highest BCUT2D eigenvalue weighted by molar-refractivity contribution is 4.94. The largest absolute Gasteiger partial charge is 0.359 e. The van der Waals surface area contributed by atoms with Gasteiger partial charge in [-0.1, -0.05) is 52.4 Å². The van der Waals surface area contributed by atoms with Crippen LogP contribution in [0.1, 0.15) is 65.2 Å². The van der Waals surface area contributed by atoms with E-state index >= 15 is 0 Å². The molecule has 0 radical (unpaired) electrons. The Labute approximate surface area is 108 Å². The summed E-state index contributed by atoms with van der Waals surface area (Å²) in [6, 6.07) is 0. The number of hydrogen-bond acceptors (Lipinski definition) is 2. The minimum absolute atomic E-state index is 0.607. The van der Waals surface area contributed by atoms with E-state index in [-0.39, 0.29) is 0 Å². The maximum Gasteiger partial charge on any atom is 0.100 e. The summed E-state index contributed by atoms with van der Waals surface area (Å²) >= 11 is 0. The van der Waals surface area contributed by atoms with E-state index in [0.29, 0.717) is 6.17 Å². The molecule has 0 saturated carbocycles. The van der Waals surface area contributed by atoms with Gasteiger partial charge in [0.25, 0.3) is 0 Å². The smallest absolute Gasteiger partial charge is 0.100 e. The fourth-order valence-corrected chi connectivity index (χ4v) is 2.62. The van der Waals surface area contributed by atoms with E-state index < -0.39 is 0 Å².